The number of ketones is 1. The SMILES string of the molecule is CSCC(=O)c1cnn(C)c1Br. The second kappa shape index (κ2) is 4.09. The van der Waals surface area contributed by atoms with Crippen molar-refractivity contribution in [1.29, 1.82) is 0 Å². The molecule has 0 aliphatic heterocycles. The van der Waals surface area contributed by atoms with Crippen molar-refractivity contribution in [3.8, 4) is 0 Å². The number of aryl methyl sites for hydroxylation is 1. The predicted molar refractivity (Wildman–Crippen MR) is 53.6 cm³/mol. The van der Waals surface area contributed by atoms with Crippen LogP contribution in [-0.4, -0.2) is 27.6 Å². The number of aromatic nitrogens is 2. The van der Waals surface area contributed by atoms with Crippen molar-refractivity contribution in [3.63, 3.8) is 0 Å². The minimum absolute atomic E-state index is 0.113. The molecule has 0 saturated heterocycles. The maximum absolute atomic E-state index is 11.4. The van der Waals surface area contributed by atoms with Gasteiger partial charge in [-0.25, -0.2) is 0 Å². The number of Topliss-reactive ketones (excluding diaryl/α,β-unsaturated/α-hetero) is 1. The summed E-state index contributed by atoms with van der Waals surface area (Å²) in [7, 11) is 1.79. The molecule has 0 unspecified atom stereocenters. The summed E-state index contributed by atoms with van der Waals surface area (Å²) in [5.41, 5.74) is 0.659. The van der Waals surface area contributed by atoms with E-state index in [0.29, 0.717) is 11.3 Å². The lowest BCUT2D eigenvalue weighted by molar-refractivity contribution is 0.102. The fourth-order valence-electron chi connectivity index (χ4n) is 0.818. The zero-order chi connectivity index (χ0) is 9.14. The van der Waals surface area contributed by atoms with Gasteiger partial charge < -0.3 is 0 Å². The van der Waals surface area contributed by atoms with E-state index >= 15 is 0 Å². The molecule has 0 bridgehead atoms. The lowest BCUT2D eigenvalue weighted by atomic mass is 10.3. The summed E-state index contributed by atoms with van der Waals surface area (Å²) in [6, 6.07) is 0. The maximum atomic E-state index is 11.4. The molecule has 0 atom stereocenters. The molecule has 3 nitrogen and oxygen atoms in total. The molecule has 0 N–H and O–H groups in total. The molecule has 1 aromatic rings. The van der Waals surface area contributed by atoms with Crippen molar-refractivity contribution in [2.24, 2.45) is 7.05 Å². The minimum Gasteiger partial charge on any atom is -0.293 e. The average Bonchev–Trinajstić information content (AvgIpc) is 2.34. The van der Waals surface area contributed by atoms with E-state index in [1.165, 1.54) is 11.8 Å². The average molecular weight is 249 g/mol. The first-order valence-corrected chi connectivity index (χ1v) is 5.55. The summed E-state index contributed by atoms with van der Waals surface area (Å²) in [5.74, 6) is 0.618. The largest absolute Gasteiger partial charge is 0.293 e. The van der Waals surface area contributed by atoms with Crippen molar-refractivity contribution in [1.82, 2.24) is 9.78 Å². The number of halogens is 1. The van der Waals surface area contributed by atoms with E-state index in [1.807, 2.05) is 6.26 Å². The first kappa shape index (κ1) is 9.80. The van der Waals surface area contributed by atoms with Crippen LogP contribution in [0, 0.1) is 0 Å². The van der Waals surface area contributed by atoms with Crippen LogP contribution in [0.25, 0.3) is 0 Å². The van der Waals surface area contributed by atoms with Crippen molar-refractivity contribution in [2.45, 2.75) is 0 Å². The highest BCUT2D eigenvalue weighted by Crippen LogP contribution is 2.16. The number of nitrogens with zero attached hydrogens (tertiary/aromatic N) is 2. The fraction of sp³-hybridized carbons (Fsp3) is 0.429. The monoisotopic (exact) mass is 248 g/mol. The number of carbonyl (C=O) groups excluding carboxylic acids is 1. The molecule has 0 amide bonds. The molecule has 0 aliphatic rings. The van der Waals surface area contributed by atoms with E-state index in [-0.39, 0.29) is 5.78 Å². The zero-order valence-corrected chi connectivity index (χ0v) is 9.28. The highest BCUT2D eigenvalue weighted by Gasteiger charge is 2.12. The Balaban J connectivity index is 2.88. The van der Waals surface area contributed by atoms with Gasteiger partial charge in [-0.2, -0.15) is 16.9 Å². The van der Waals surface area contributed by atoms with Gasteiger partial charge in [-0.3, -0.25) is 9.48 Å². The molecular formula is C7H9BrN2OS. The molecule has 0 radical (unpaired) electrons. The molecule has 0 aromatic carbocycles. The second-order valence-electron chi connectivity index (χ2n) is 2.33. The van der Waals surface area contributed by atoms with E-state index in [2.05, 4.69) is 21.0 Å². The molecular weight excluding hydrogens is 240 g/mol. The molecule has 1 aromatic heterocycles. The summed E-state index contributed by atoms with van der Waals surface area (Å²) >= 11 is 4.81. The van der Waals surface area contributed by atoms with Gasteiger partial charge in [0, 0.05) is 7.05 Å². The Hall–Kier alpha value is -0.290. The molecule has 12 heavy (non-hydrogen) atoms. The molecule has 0 spiro atoms. The van der Waals surface area contributed by atoms with Crippen molar-refractivity contribution in [2.75, 3.05) is 12.0 Å². The summed E-state index contributed by atoms with van der Waals surface area (Å²) < 4.78 is 2.38. The van der Waals surface area contributed by atoms with Crippen LogP contribution in [0.15, 0.2) is 10.8 Å². The molecule has 0 saturated carbocycles. The summed E-state index contributed by atoms with van der Waals surface area (Å²) in [6.07, 6.45) is 3.49. The Labute approximate surface area is 83.7 Å². The highest BCUT2D eigenvalue weighted by atomic mass is 79.9. The fourth-order valence-corrected chi connectivity index (χ4v) is 1.65. The van der Waals surface area contributed by atoms with E-state index in [1.54, 1.807) is 17.9 Å². The molecule has 0 fully saturated rings. The molecule has 1 rings (SSSR count). The summed E-state index contributed by atoms with van der Waals surface area (Å²) in [6.45, 7) is 0. The summed E-state index contributed by atoms with van der Waals surface area (Å²) in [4.78, 5) is 11.4. The van der Waals surface area contributed by atoms with Gasteiger partial charge in [-0.15, -0.1) is 0 Å². The van der Waals surface area contributed by atoms with Gasteiger partial charge in [0.2, 0.25) is 0 Å². The molecule has 66 valence electrons. The van der Waals surface area contributed by atoms with Crippen LogP contribution >= 0.6 is 27.7 Å². The van der Waals surface area contributed by atoms with E-state index < -0.39 is 0 Å². The van der Waals surface area contributed by atoms with Gasteiger partial charge in [0.25, 0.3) is 0 Å². The maximum Gasteiger partial charge on any atom is 0.177 e. The van der Waals surface area contributed by atoms with Gasteiger partial charge in [-0.05, 0) is 22.2 Å². The number of rotatable bonds is 3. The van der Waals surface area contributed by atoms with Crippen LogP contribution < -0.4 is 0 Å². The van der Waals surface area contributed by atoms with Crippen molar-refractivity contribution >= 4 is 33.5 Å². The smallest absolute Gasteiger partial charge is 0.177 e. The lowest BCUT2D eigenvalue weighted by Gasteiger charge is -1.95. The van der Waals surface area contributed by atoms with Gasteiger partial charge in [0.05, 0.1) is 17.5 Å². The first-order valence-electron chi connectivity index (χ1n) is 3.36. The van der Waals surface area contributed by atoms with Crippen LogP contribution in [0.2, 0.25) is 0 Å². The van der Waals surface area contributed by atoms with Gasteiger partial charge >= 0.3 is 0 Å². The normalized spacial score (nSPS) is 10.2. The Kier molecular flexibility index (Phi) is 3.34. The number of hydrogen-bond donors (Lipinski definition) is 0. The predicted octanol–water partition coefficient (Wildman–Crippen LogP) is 1.73. The van der Waals surface area contributed by atoms with E-state index in [4.69, 9.17) is 0 Å². The summed E-state index contributed by atoms with van der Waals surface area (Å²) in [5, 5.41) is 3.96. The standard InChI is InChI=1S/C7H9BrN2OS/c1-10-7(8)5(3-9-10)6(11)4-12-2/h3H,4H2,1-2H3. The molecule has 5 heteroatoms. The van der Waals surface area contributed by atoms with Crippen molar-refractivity contribution < 1.29 is 4.79 Å². The van der Waals surface area contributed by atoms with Crippen LogP contribution in [-0.2, 0) is 7.05 Å². The van der Waals surface area contributed by atoms with Crippen LogP contribution in [0.4, 0.5) is 0 Å². The van der Waals surface area contributed by atoms with E-state index in [9.17, 15) is 4.79 Å². The molecule has 1 heterocycles. The Morgan fingerprint density at radius 2 is 2.50 bits per heavy atom. The number of carbonyl (C=O) groups is 1. The third kappa shape index (κ3) is 1.90. The highest BCUT2D eigenvalue weighted by molar-refractivity contribution is 9.10. The second-order valence-corrected chi connectivity index (χ2v) is 3.95. The van der Waals surface area contributed by atoms with Crippen LogP contribution in [0.3, 0.4) is 0 Å². The van der Waals surface area contributed by atoms with E-state index in [0.717, 1.165) is 4.60 Å². The Morgan fingerprint density at radius 3 is 2.92 bits per heavy atom. The van der Waals surface area contributed by atoms with Gasteiger partial charge in [0.15, 0.2) is 5.78 Å². The third-order valence-electron chi connectivity index (χ3n) is 1.44. The Bertz CT molecular complexity index is 298. The zero-order valence-electron chi connectivity index (χ0n) is 6.87. The van der Waals surface area contributed by atoms with Crippen molar-refractivity contribution in [3.05, 3.63) is 16.4 Å². The topological polar surface area (TPSA) is 34.9 Å². The Morgan fingerprint density at radius 1 is 1.83 bits per heavy atom. The first-order chi connectivity index (χ1) is 5.66. The lowest BCUT2D eigenvalue weighted by Crippen LogP contribution is -2.02. The van der Waals surface area contributed by atoms with Crippen LogP contribution in [0.1, 0.15) is 10.4 Å². The number of hydrogen-bond acceptors (Lipinski definition) is 3. The van der Waals surface area contributed by atoms with Crippen LogP contribution in [0.5, 0.6) is 0 Å². The van der Waals surface area contributed by atoms with Gasteiger partial charge in [-0.1, -0.05) is 0 Å². The van der Waals surface area contributed by atoms with Gasteiger partial charge in [0.1, 0.15) is 4.60 Å². The minimum atomic E-state index is 0.113. The molecule has 0 aliphatic carbocycles. The quantitative estimate of drug-likeness (QED) is 0.765. The number of thioether (sulfide) groups is 1. The third-order valence-corrected chi connectivity index (χ3v) is 2.93.